The van der Waals surface area contributed by atoms with E-state index in [1.54, 1.807) is 6.07 Å². The number of pyridine rings is 2. The summed E-state index contributed by atoms with van der Waals surface area (Å²) in [5, 5.41) is 13.7. The highest BCUT2D eigenvalue weighted by Crippen LogP contribution is 2.40. The molecule has 0 spiro atoms. The minimum atomic E-state index is -0.275. The number of aromatic hydroxyl groups is 1. The molecule has 0 saturated heterocycles. The van der Waals surface area contributed by atoms with E-state index in [1.807, 2.05) is 36.5 Å². The standard InChI is InChI=1S/C49H42N4O2/c1-48(2,3)35-26-40(38-28-45-41(29-44(38)54)52-47(55-45)49(4,5)6)51-46(27-35)53-42-22-20-33(32-17-15-31(16-18-32)30-12-8-7-9-13-30)24-37(42)36-21-19-34(25-43(36)53)39-14-10-11-23-50-39/h7-29,54H,1-6H3. The molecule has 0 bridgehead atoms. The lowest BCUT2D eigenvalue weighted by atomic mass is 9.86. The van der Waals surface area contributed by atoms with Gasteiger partial charge in [-0.2, -0.15) is 0 Å². The van der Waals surface area contributed by atoms with Crippen LogP contribution in [0, 0.1) is 0 Å². The quantitative estimate of drug-likeness (QED) is 0.192. The van der Waals surface area contributed by atoms with Crippen LogP contribution in [0.4, 0.5) is 0 Å². The SMILES string of the molecule is CC(C)(C)c1cc(-c2cc3oc(C(C)(C)C)nc3cc2O)nc(-n2c3ccc(-c4ccc(-c5ccccc5)cc4)cc3c3ccc(-c4ccccn4)cc32)c1. The van der Waals surface area contributed by atoms with E-state index in [-0.39, 0.29) is 16.6 Å². The van der Waals surface area contributed by atoms with E-state index >= 15 is 0 Å². The monoisotopic (exact) mass is 718 g/mol. The summed E-state index contributed by atoms with van der Waals surface area (Å²) in [5.74, 6) is 1.48. The van der Waals surface area contributed by atoms with Gasteiger partial charge in [-0.05, 0) is 81.8 Å². The molecule has 0 saturated carbocycles. The average Bonchev–Trinajstić information content (AvgIpc) is 3.76. The molecule has 6 heteroatoms. The Balaban J connectivity index is 1.26. The van der Waals surface area contributed by atoms with Gasteiger partial charge in [-0.25, -0.2) is 9.97 Å². The molecule has 5 aromatic carbocycles. The Labute approximate surface area is 320 Å². The molecule has 0 atom stereocenters. The first-order chi connectivity index (χ1) is 26.4. The summed E-state index contributed by atoms with van der Waals surface area (Å²) in [4.78, 5) is 14.7. The largest absolute Gasteiger partial charge is 0.507 e. The number of hydrogen-bond donors (Lipinski definition) is 1. The second-order valence-electron chi connectivity index (χ2n) is 16.4. The molecule has 0 aliphatic carbocycles. The molecule has 4 aromatic heterocycles. The first kappa shape index (κ1) is 34.3. The number of rotatable bonds is 5. The number of aromatic nitrogens is 4. The third kappa shape index (κ3) is 6.23. The van der Waals surface area contributed by atoms with Gasteiger partial charge in [-0.3, -0.25) is 9.55 Å². The van der Waals surface area contributed by atoms with Gasteiger partial charge in [-0.1, -0.05) is 120 Å². The number of benzene rings is 5. The van der Waals surface area contributed by atoms with Crippen molar-refractivity contribution in [3.05, 3.63) is 151 Å². The summed E-state index contributed by atoms with van der Waals surface area (Å²) in [7, 11) is 0. The third-order valence-corrected chi connectivity index (χ3v) is 10.4. The Bertz CT molecular complexity index is 2870. The van der Waals surface area contributed by atoms with Gasteiger partial charge in [0.15, 0.2) is 5.58 Å². The maximum Gasteiger partial charge on any atom is 0.200 e. The second kappa shape index (κ2) is 12.8. The van der Waals surface area contributed by atoms with Crippen molar-refractivity contribution >= 4 is 32.9 Å². The molecule has 9 rings (SSSR count). The van der Waals surface area contributed by atoms with Crippen LogP contribution < -0.4 is 0 Å². The number of phenolic OH excluding ortho intramolecular Hbond substituents is 1. The maximum atomic E-state index is 11.5. The fourth-order valence-corrected chi connectivity index (χ4v) is 7.32. The van der Waals surface area contributed by atoms with Crippen LogP contribution in [0.15, 0.2) is 144 Å². The number of phenols is 1. The van der Waals surface area contributed by atoms with E-state index in [1.165, 1.54) is 11.1 Å². The van der Waals surface area contributed by atoms with E-state index in [2.05, 4.69) is 153 Å². The molecule has 0 radical (unpaired) electrons. The predicted molar refractivity (Wildman–Crippen MR) is 225 cm³/mol. The summed E-state index contributed by atoms with van der Waals surface area (Å²) in [6.07, 6.45) is 1.83. The minimum Gasteiger partial charge on any atom is -0.507 e. The third-order valence-electron chi connectivity index (χ3n) is 10.4. The zero-order valence-corrected chi connectivity index (χ0v) is 31.9. The van der Waals surface area contributed by atoms with Crippen molar-refractivity contribution in [1.29, 1.82) is 0 Å². The van der Waals surface area contributed by atoms with E-state index < -0.39 is 0 Å². The first-order valence-electron chi connectivity index (χ1n) is 18.7. The summed E-state index contributed by atoms with van der Waals surface area (Å²) in [6.45, 7) is 12.8. The summed E-state index contributed by atoms with van der Waals surface area (Å²) < 4.78 is 8.49. The van der Waals surface area contributed by atoms with Crippen LogP contribution in [0.1, 0.15) is 53.0 Å². The van der Waals surface area contributed by atoms with Crippen molar-refractivity contribution in [2.75, 3.05) is 0 Å². The zero-order valence-electron chi connectivity index (χ0n) is 31.9. The van der Waals surface area contributed by atoms with Gasteiger partial charge in [0.25, 0.3) is 0 Å². The van der Waals surface area contributed by atoms with Crippen LogP contribution >= 0.6 is 0 Å². The normalized spacial score (nSPS) is 12.3. The lowest BCUT2D eigenvalue weighted by molar-refractivity contribution is 0.411. The Morgan fingerprint density at radius 3 is 1.95 bits per heavy atom. The number of hydrogen-bond acceptors (Lipinski definition) is 5. The van der Waals surface area contributed by atoms with Gasteiger partial charge in [0.2, 0.25) is 5.89 Å². The van der Waals surface area contributed by atoms with Crippen LogP contribution in [0.25, 0.3) is 83.5 Å². The Morgan fingerprint density at radius 1 is 0.545 bits per heavy atom. The summed E-state index contributed by atoms with van der Waals surface area (Å²) in [6, 6.07) is 46.3. The molecule has 1 N–H and O–H groups in total. The van der Waals surface area contributed by atoms with Crippen molar-refractivity contribution < 1.29 is 9.52 Å². The topological polar surface area (TPSA) is 77.0 Å². The highest BCUT2D eigenvalue weighted by molar-refractivity contribution is 6.11. The van der Waals surface area contributed by atoms with E-state index in [9.17, 15) is 5.11 Å². The van der Waals surface area contributed by atoms with Crippen LogP contribution in [0.5, 0.6) is 5.75 Å². The van der Waals surface area contributed by atoms with Crippen molar-refractivity contribution in [2.45, 2.75) is 52.4 Å². The highest BCUT2D eigenvalue weighted by atomic mass is 16.3. The summed E-state index contributed by atoms with van der Waals surface area (Å²) in [5.41, 5.74) is 11.7. The molecule has 55 heavy (non-hydrogen) atoms. The molecule has 0 unspecified atom stereocenters. The second-order valence-corrected chi connectivity index (χ2v) is 16.4. The minimum absolute atomic E-state index is 0.105. The summed E-state index contributed by atoms with van der Waals surface area (Å²) >= 11 is 0. The van der Waals surface area contributed by atoms with Crippen molar-refractivity contribution in [3.63, 3.8) is 0 Å². The molecule has 9 aromatic rings. The van der Waals surface area contributed by atoms with E-state index in [0.717, 1.165) is 55.6 Å². The van der Waals surface area contributed by atoms with Crippen LogP contribution in [-0.4, -0.2) is 24.6 Å². The molecule has 0 amide bonds. The van der Waals surface area contributed by atoms with Gasteiger partial charge in [0.05, 0.1) is 22.4 Å². The van der Waals surface area contributed by atoms with Crippen LogP contribution in [0.2, 0.25) is 0 Å². The number of fused-ring (bicyclic) bond motifs is 4. The smallest absolute Gasteiger partial charge is 0.200 e. The van der Waals surface area contributed by atoms with E-state index in [0.29, 0.717) is 28.2 Å². The molecular weight excluding hydrogens is 677 g/mol. The fraction of sp³-hybridized carbons (Fsp3) is 0.163. The molecule has 270 valence electrons. The Kier molecular flexibility index (Phi) is 7.97. The molecule has 6 nitrogen and oxygen atoms in total. The average molecular weight is 719 g/mol. The van der Waals surface area contributed by atoms with Gasteiger partial charge in [0, 0.05) is 39.6 Å². The lowest BCUT2D eigenvalue weighted by Crippen LogP contribution is -2.13. The number of nitrogens with zero attached hydrogens (tertiary/aromatic N) is 4. The van der Waals surface area contributed by atoms with Gasteiger partial charge in [-0.15, -0.1) is 0 Å². The van der Waals surface area contributed by atoms with Crippen LogP contribution in [-0.2, 0) is 10.8 Å². The van der Waals surface area contributed by atoms with Crippen molar-refractivity contribution in [1.82, 2.24) is 19.5 Å². The van der Waals surface area contributed by atoms with Crippen molar-refractivity contribution in [3.8, 4) is 56.3 Å². The predicted octanol–water partition coefficient (Wildman–Crippen LogP) is 12.7. The van der Waals surface area contributed by atoms with E-state index in [4.69, 9.17) is 9.40 Å². The molecule has 0 fully saturated rings. The Morgan fingerprint density at radius 2 is 1.24 bits per heavy atom. The van der Waals surface area contributed by atoms with Gasteiger partial charge in [0.1, 0.15) is 17.1 Å². The molecule has 0 aliphatic rings. The Hall–Kier alpha value is -6.53. The van der Waals surface area contributed by atoms with Gasteiger partial charge >= 0.3 is 0 Å². The first-order valence-corrected chi connectivity index (χ1v) is 18.7. The number of oxazole rings is 1. The van der Waals surface area contributed by atoms with Crippen LogP contribution in [0.3, 0.4) is 0 Å². The zero-order chi connectivity index (χ0) is 38.1. The fourth-order valence-electron chi connectivity index (χ4n) is 7.32. The highest BCUT2D eigenvalue weighted by Gasteiger charge is 2.25. The van der Waals surface area contributed by atoms with Gasteiger partial charge < -0.3 is 9.52 Å². The molecular formula is C49H42N4O2. The molecule has 4 heterocycles. The maximum absolute atomic E-state index is 11.5. The lowest BCUT2D eigenvalue weighted by Gasteiger charge is -2.22. The molecule has 0 aliphatic heterocycles. The van der Waals surface area contributed by atoms with Crippen molar-refractivity contribution in [2.24, 2.45) is 0 Å².